The summed E-state index contributed by atoms with van der Waals surface area (Å²) in [6.45, 7) is 1.80. The van der Waals surface area contributed by atoms with Crippen LogP contribution in [-0.4, -0.2) is 34.4 Å². The van der Waals surface area contributed by atoms with Crippen molar-refractivity contribution in [1.82, 2.24) is 9.47 Å². The Morgan fingerprint density at radius 3 is 2.48 bits per heavy atom. The van der Waals surface area contributed by atoms with E-state index in [0.29, 0.717) is 25.2 Å². The first-order valence-corrected chi connectivity index (χ1v) is 11.4. The number of piperidine rings is 1. The van der Waals surface area contributed by atoms with Crippen LogP contribution >= 0.6 is 0 Å². The normalized spacial score (nSPS) is 25.6. The van der Waals surface area contributed by atoms with Gasteiger partial charge in [0.1, 0.15) is 12.0 Å². The number of benzene rings is 2. The molecule has 2 aromatic carbocycles. The second kappa shape index (κ2) is 7.73. The lowest BCUT2D eigenvalue weighted by Gasteiger charge is -2.44. The largest absolute Gasteiger partial charge is 0.453 e. The molecular weight excluding hydrogens is 416 g/mol. The highest BCUT2D eigenvalue weighted by Crippen LogP contribution is 2.43. The van der Waals surface area contributed by atoms with E-state index in [9.17, 15) is 14.4 Å². The van der Waals surface area contributed by atoms with Gasteiger partial charge >= 0.3 is 5.97 Å². The maximum atomic E-state index is 14.1. The summed E-state index contributed by atoms with van der Waals surface area (Å²) < 4.78 is 7.72. The first-order valence-electron chi connectivity index (χ1n) is 11.4. The van der Waals surface area contributed by atoms with Crippen molar-refractivity contribution in [3.63, 3.8) is 0 Å². The number of ether oxygens (including phenoxy) is 1. The van der Waals surface area contributed by atoms with E-state index >= 15 is 0 Å². The van der Waals surface area contributed by atoms with Crippen molar-refractivity contribution in [3.05, 3.63) is 106 Å². The Morgan fingerprint density at radius 1 is 0.848 bits per heavy atom. The van der Waals surface area contributed by atoms with Gasteiger partial charge in [-0.2, -0.15) is 0 Å². The fourth-order valence-electron chi connectivity index (χ4n) is 5.80. The Labute approximate surface area is 191 Å². The van der Waals surface area contributed by atoms with Crippen molar-refractivity contribution in [2.75, 3.05) is 13.1 Å². The molecule has 6 nitrogen and oxygen atoms in total. The summed E-state index contributed by atoms with van der Waals surface area (Å²) in [5, 5.41) is 0. The number of likely N-dealkylation sites (tertiary alicyclic amines) is 1. The van der Waals surface area contributed by atoms with Gasteiger partial charge in [-0.25, -0.2) is 4.79 Å². The molecule has 0 saturated carbocycles. The Morgan fingerprint density at radius 2 is 1.64 bits per heavy atom. The number of amides is 1. The highest BCUT2D eigenvalue weighted by molar-refractivity contribution is 5.97. The molecule has 3 aliphatic heterocycles. The Hall–Kier alpha value is -3.67. The van der Waals surface area contributed by atoms with Gasteiger partial charge in [-0.3, -0.25) is 9.59 Å². The van der Waals surface area contributed by atoms with E-state index in [1.807, 2.05) is 58.0 Å². The lowest BCUT2D eigenvalue weighted by atomic mass is 9.80. The number of hydrogen-bond donors (Lipinski definition) is 0. The molecule has 2 bridgehead atoms. The van der Waals surface area contributed by atoms with Crippen molar-refractivity contribution in [1.29, 1.82) is 0 Å². The SMILES string of the molecule is O=C1OC(c2ccccc2)C(C(=O)N2CC3CC(C2)c2cccc(=O)n2C3)c2ccccc21. The van der Waals surface area contributed by atoms with Crippen LogP contribution in [-0.2, 0) is 16.1 Å². The van der Waals surface area contributed by atoms with Gasteiger partial charge in [-0.05, 0) is 35.6 Å². The van der Waals surface area contributed by atoms with Crippen LogP contribution in [0.2, 0.25) is 0 Å². The summed E-state index contributed by atoms with van der Waals surface area (Å²) in [5.41, 5.74) is 3.02. The molecule has 4 heterocycles. The predicted octanol–water partition coefficient (Wildman–Crippen LogP) is 3.49. The highest BCUT2D eigenvalue weighted by Gasteiger charge is 2.45. The minimum Gasteiger partial charge on any atom is -0.453 e. The van der Waals surface area contributed by atoms with Crippen LogP contribution in [0.4, 0.5) is 0 Å². The van der Waals surface area contributed by atoms with Crippen LogP contribution in [0.25, 0.3) is 0 Å². The number of pyridine rings is 1. The quantitative estimate of drug-likeness (QED) is 0.572. The lowest BCUT2D eigenvalue weighted by molar-refractivity contribution is -0.139. The smallest absolute Gasteiger partial charge is 0.339 e. The third kappa shape index (κ3) is 3.28. The molecule has 166 valence electrons. The van der Waals surface area contributed by atoms with Crippen LogP contribution in [0.5, 0.6) is 0 Å². The molecular formula is C27H24N2O4. The molecule has 3 aliphatic rings. The molecule has 3 aromatic rings. The number of fused-ring (bicyclic) bond motifs is 5. The topological polar surface area (TPSA) is 68.6 Å². The molecule has 0 radical (unpaired) electrons. The number of rotatable bonds is 2. The van der Waals surface area contributed by atoms with Crippen LogP contribution in [0.1, 0.15) is 51.5 Å². The monoisotopic (exact) mass is 440 g/mol. The number of cyclic esters (lactones) is 1. The van der Waals surface area contributed by atoms with Gasteiger partial charge < -0.3 is 14.2 Å². The summed E-state index contributed by atoms with van der Waals surface area (Å²) in [5.74, 6) is -0.653. The van der Waals surface area contributed by atoms with Gasteiger partial charge in [0.15, 0.2) is 0 Å². The van der Waals surface area contributed by atoms with Gasteiger partial charge in [0.2, 0.25) is 5.91 Å². The summed E-state index contributed by atoms with van der Waals surface area (Å²) in [4.78, 5) is 41.1. The number of carbonyl (C=O) groups excluding carboxylic acids is 2. The van der Waals surface area contributed by atoms with E-state index in [2.05, 4.69) is 0 Å². The molecule has 6 heteroatoms. The molecule has 6 rings (SSSR count). The third-order valence-electron chi connectivity index (χ3n) is 7.24. The summed E-state index contributed by atoms with van der Waals surface area (Å²) in [7, 11) is 0. The zero-order chi connectivity index (χ0) is 22.5. The summed E-state index contributed by atoms with van der Waals surface area (Å²) in [6.07, 6.45) is 0.309. The molecule has 4 unspecified atom stereocenters. The first-order chi connectivity index (χ1) is 16.1. The van der Waals surface area contributed by atoms with Gasteiger partial charge in [0.05, 0.1) is 5.56 Å². The fraction of sp³-hybridized carbons (Fsp3) is 0.296. The van der Waals surface area contributed by atoms with Gasteiger partial charge in [-0.15, -0.1) is 0 Å². The zero-order valence-electron chi connectivity index (χ0n) is 18.1. The van der Waals surface area contributed by atoms with E-state index in [1.54, 1.807) is 24.3 Å². The summed E-state index contributed by atoms with van der Waals surface area (Å²) in [6, 6.07) is 22.2. The van der Waals surface area contributed by atoms with E-state index in [1.165, 1.54) is 0 Å². The molecule has 4 atom stereocenters. The molecule has 1 fully saturated rings. The molecule has 1 aromatic heterocycles. The van der Waals surface area contributed by atoms with Crippen LogP contribution in [0.15, 0.2) is 77.6 Å². The van der Waals surface area contributed by atoms with Gasteiger partial charge in [0, 0.05) is 37.3 Å². The number of aromatic nitrogens is 1. The van der Waals surface area contributed by atoms with Crippen LogP contribution in [0.3, 0.4) is 0 Å². The first kappa shape index (κ1) is 20.0. The van der Waals surface area contributed by atoms with Gasteiger partial charge in [0.25, 0.3) is 5.56 Å². The van der Waals surface area contributed by atoms with Crippen molar-refractivity contribution < 1.29 is 14.3 Å². The van der Waals surface area contributed by atoms with E-state index in [0.717, 1.165) is 23.2 Å². The Kier molecular flexibility index (Phi) is 4.68. The average Bonchev–Trinajstić information content (AvgIpc) is 2.85. The number of esters is 1. The molecule has 0 spiro atoms. The second-order valence-corrected chi connectivity index (χ2v) is 9.24. The van der Waals surface area contributed by atoms with Crippen molar-refractivity contribution >= 4 is 11.9 Å². The van der Waals surface area contributed by atoms with Crippen LogP contribution in [0, 0.1) is 5.92 Å². The number of hydrogen-bond acceptors (Lipinski definition) is 4. The molecule has 1 saturated heterocycles. The minimum absolute atomic E-state index is 0.0229. The van der Waals surface area contributed by atoms with Crippen LogP contribution < -0.4 is 5.56 Å². The molecule has 1 amide bonds. The summed E-state index contributed by atoms with van der Waals surface area (Å²) >= 11 is 0. The highest BCUT2D eigenvalue weighted by atomic mass is 16.5. The minimum atomic E-state index is -0.669. The van der Waals surface area contributed by atoms with E-state index in [-0.39, 0.29) is 23.3 Å². The standard InChI is InChI=1S/C27H24N2O4/c30-23-12-6-11-22-19-13-17(15-29(22)23)14-28(16-19)26(31)24-20-9-4-5-10-21(20)27(32)33-25(24)18-7-2-1-3-8-18/h1-12,17,19,24-25H,13-16H2. The van der Waals surface area contributed by atoms with E-state index < -0.39 is 18.0 Å². The van der Waals surface area contributed by atoms with Crippen molar-refractivity contribution in [2.24, 2.45) is 5.92 Å². The fourth-order valence-corrected chi connectivity index (χ4v) is 5.80. The molecule has 0 aliphatic carbocycles. The van der Waals surface area contributed by atoms with E-state index in [4.69, 9.17) is 4.74 Å². The average molecular weight is 440 g/mol. The number of carbonyl (C=O) groups is 2. The van der Waals surface area contributed by atoms with Crippen molar-refractivity contribution in [3.8, 4) is 0 Å². The molecule has 33 heavy (non-hydrogen) atoms. The predicted molar refractivity (Wildman–Crippen MR) is 122 cm³/mol. The zero-order valence-corrected chi connectivity index (χ0v) is 18.1. The molecule has 0 N–H and O–H groups in total. The maximum absolute atomic E-state index is 14.1. The second-order valence-electron chi connectivity index (χ2n) is 9.24. The van der Waals surface area contributed by atoms with Crippen molar-refractivity contribution in [2.45, 2.75) is 30.9 Å². The Bertz CT molecular complexity index is 1300. The Balaban J connectivity index is 1.38. The maximum Gasteiger partial charge on any atom is 0.339 e. The third-order valence-corrected chi connectivity index (χ3v) is 7.24. The van der Waals surface area contributed by atoms with Gasteiger partial charge in [-0.1, -0.05) is 54.6 Å². The number of nitrogens with zero attached hydrogens (tertiary/aromatic N) is 2. The lowest BCUT2D eigenvalue weighted by Crippen LogP contribution is -2.51.